The minimum atomic E-state index is 0.675. The topological polar surface area (TPSA) is 47.6 Å². The van der Waals surface area contributed by atoms with Crippen LogP contribution in [0, 0.1) is 36.9 Å². The minimum absolute atomic E-state index is 0.675. The molecule has 0 bridgehead atoms. The molecule has 0 fully saturated rings. The fourth-order valence-corrected chi connectivity index (χ4v) is 6.55. The summed E-state index contributed by atoms with van der Waals surface area (Å²) in [6.07, 6.45) is 0.865. The fourth-order valence-electron chi connectivity index (χ4n) is 3.55. The van der Waals surface area contributed by atoms with Crippen molar-refractivity contribution in [1.82, 2.24) is 0 Å². The Bertz CT molecular complexity index is 1320. The summed E-state index contributed by atoms with van der Waals surface area (Å²) in [5.74, 6) is 0. The Labute approximate surface area is 248 Å². The summed E-state index contributed by atoms with van der Waals surface area (Å²) in [6.45, 7) is 0. The molecule has 0 radical (unpaired) electrons. The summed E-state index contributed by atoms with van der Waals surface area (Å²) in [5.41, 5.74) is 8.58. The number of hydrogen-bond donors (Lipinski definition) is 0. The van der Waals surface area contributed by atoms with Gasteiger partial charge in [0, 0.05) is 14.3 Å². The molecule has 0 amide bonds. The van der Waals surface area contributed by atoms with E-state index in [2.05, 4.69) is 127 Å². The summed E-state index contributed by atoms with van der Waals surface area (Å²) in [5, 5.41) is 18.1. The Hall–Kier alpha value is -1.22. The molecule has 0 heterocycles. The zero-order valence-electron chi connectivity index (χ0n) is 17.0. The van der Waals surface area contributed by atoms with E-state index in [9.17, 15) is 0 Å². The minimum Gasteiger partial charge on any atom is -0.192 e. The first kappa shape index (κ1) is 24.9. The predicted molar refractivity (Wildman–Crippen MR) is 167 cm³/mol. The van der Waals surface area contributed by atoms with E-state index in [1.54, 1.807) is 0 Å². The standard InChI is InChI=1S/C27H14I4N2/c28-24-20(9-11-22(26(24)30)18-5-1-16(14-32)2-6-18)13-21-10-12-23(27(31)25(21)29)19-7-3-17(15-33)4-8-19/h1-12H,13H2. The van der Waals surface area contributed by atoms with Crippen LogP contribution in [0.3, 0.4) is 0 Å². The molecule has 160 valence electrons. The molecule has 2 nitrogen and oxygen atoms in total. The molecule has 0 aliphatic rings. The smallest absolute Gasteiger partial charge is 0.0991 e. The molecule has 0 N–H and O–H groups in total. The third kappa shape index (κ3) is 5.39. The van der Waals surface area contributed by atoms with Gasteiger partial charge in [-0.3, -0.25) is 0 Å². The van der Waals surface area contributed by atoms with Gasteiger partial charge in [0.05, 0.1) is 23.3 Å². The van der Waals surface area contributed by atoms with E-state index in [0.29, 0.717) is 11.1 Å². The summed E-state index contributed by atoms with van der Waals surface area (Å²) >= 11 is 9.76. The molecule has 0 aliphatic heterocycles. The maximum absolute atomic E-state index is 9.05. The molecule has 0 spiro atoms. The average molecular weight is 874 g/mol. The maximum atomic E-state index is 9.05. The highest BCUT2D eigenvalue weighted by atomic mass is 127. The first-order valence-electron chi connectivity index (χ1n) is 9.87. The molecular formula is C27H14I4N2. The van der Waals surface area contributed by atoms with Crippen molar-refractivity contribution < 1.29 is 0 Å². The van der Waals surface area contributed by atoms with Crippen LogP contribution in [-0.4, -0.2) is 0 Å². The summed E-state index contributed by atoms with van der Waals surface area (Å²) < 4.78 is 4.98. The lowest BCUT2D eigenvalue weighted by Gasteiger charge is -2.15. The molecule has 0 aromatic heterocycles. The van der Waals surface area contributed by atoms with Crippen LogP contribution in [0.15, 0.2) is 72.8 Å². The van der Waals surface area contributed by atoms with Crippen molar-refractivity contribution in [2.24, 2.45) is 0 Å². The van der Waals surface area contributed by atoms with Gasteiger partial charge in [-0.25, -0.2) is 0 Å². The van der Waals surface area contributed by atoms with E-state index in [1.165, 1.54) is 36.5 Å². The summed E-state index contributed by atoms with van der Waals surface area (Å²) in [7, 11) is 0. The van der Waals surface area contributed by atoms with Crippen molar-refractivity contribution in [3.63, 3.8) is 0 Å². The van der Waals surface area contributed by atoms with Crippen molar-refractivity contribution in [2.75, 3.05) is 0 Å². The average Bonchev–Trinajstić information content (AvgIpc) is 2.85. The van der Waals surface area contributed by atoms with E-state index in [0.717, 1.165) is 17.5 Å². The molecule has 4 rings (SSSR count). The van der Waals surface area contributed by atoms with Crippen molar-refractivity contribution in [3.05, 3.63) is 109 Å². The van der Waals surface area contributed by atoms with Gasteiger partial charge in [-0.1, -0.05) is 48.5 Å². The highest BCUT2D eigenvalue weighted by Crippen LogP contribution is 2.35. The molecule has 0 unspecified atom stereocenters. The number of nitrogens with zero attached hydrogens (tertiary/aromatic N) is 2. The van der Waals surface area contributed by atoms with Crippen molar-refractivity contribution in [3.8, 4) is 34.4 Å². The van der Waals surface area contributed by atoms with Crippen LogP contribution in [-0.2, 0) is 6.42 Å². The van der Waals surface area contributed by atoms with E-state index in [1.807, 2.05) is 48.5 Å². The molecular weight excluding hydrogens is 860 g/mol. The van der Waals surface area contributed by atoms with Crippen LogP contribution >= 0.6 is 90.4 Å². The molecule has 0 saturated heterocycles. The highest BCUT2D eigenvalue weighted by molar-refractivity contribution is 14.1. The lowest BCUT2D eigenvalue weighted by molar-refractivity contribution is 1.15. The van der Waals surface area contributed by atoms with Crippen molar-refractivity contribution >= 4 is 90.4 Å². The predicted octanol–water partition coefficient (Wildman–Crippen LogP) is 8.77. The molecule has 4 aromatic carbocycles. The zero-order chi connectivity index (χ0) is 23.5. The third-order valence-electron chi connectivity index (χ3n) is 5.36. The third-order valence-corrected chi connectivity index (χ3v) is 12.1. The Kier molecular flexibility index (Phi) is 8.31. The van der Waals surface area contributed by atoms with E-state index >= 15 is 0 Å². The van der Waals surface area contributed by atoms with Crippen LogP contribution in [0.5, 0.6) is 0 Å². The van der Waals surface area contributed by atoms with E-state index < -0.39 is 0 Å². The normalized spacial score (nSPS) is 10.5. The number of rotatable bonds is 4. The Balaban J connectivity index is 1.65. The lowest BCUT2D eigenvalue weighted by Crippen LogP contribution is -2.00. The molecule has 33 heavy (non-hydrogen) atoms. The number of nitriles is 2. The van der Waals surface area contributed by atoms with Crippen LogP contribution in [0.2, 0.25) is 0 Å². The second-order valence-corrected chi connectivity index (χ2v) is 11.7. The fraction of sp³-hybridized carbons (Fsp3) is 0.0370. The van der Waals surface area contributed by atoms with Crippen LogP contribution in [0.25, 0.3) is 22.3 Å². The Morgan fingerprint density at radius 1 is 0.485 bits per heavy atom. The first-order valence-corrected chi connectivity index (χ1v) is 14.2. The van der Waals surface area contributed by atoms with Gasteiger partial charge < -0.3 is 0 Å². The zero-order valence-corrected chi connectivity index (χ0v) is 25.7. The number of hydrogen-bond acceptors (Lipinski definition) is 2. The monoisotopic (exact) mass is 874 g/mol. The van der Waals surface area contributed by atoms with Gasteiger partial charge in [-0.2, -0.15) is 10.5 Å². The van der Waals surface area contributed by atoms with E-state index in [4.69, 9.17) is 10.5 Å². The van der Waals surface area contributed by atoms with Gasteiger partial charge in [-0.05, 0) is 154 Å². The highest BCUT2D eigenvalue weighted by Gasteiger charge is 2.15. The second-order valence-electron chi connectivity index (χ2n) is 7.36. The molecule has 4 aromatic rings. The van der Waals surface area contributed by atoms with Gasteiger partial charge in [0.25, 0.3) is 0 Å². The van der Waals surface area contributed by atoms with Gasteiger partial charge >= 0.3 is 0 Å². The molecule has 6 heteroatoms. The van der Waals surface area contributed by atoms with Crippen molar-refractivity contribution in [2.45, 2.75) is 6.42 Å². The summed E-state index contributed by atoms with van der Waals surface area (Å²) in [6, 6.07) is 28.7. The molecule has 0 aliphatic carbocycles. The quantitative estimate of drug-likeness (QED) is 0.193. The Morgan fingerprint density at radius 3 is 1.18 bits per heavy atom. The largest absolute Gasteiger partial charge is 0.192 e. The number of benzene rings is 4. The first-order chi connectivity index (χ1) is 15.9. The van der Waals surface area contributed by atoms with Gasteiger partial charge in [0.2, 0.25) is 0 Å². The molecule has 0 saturated carbocycles. The second kappa shape index (κ2) is 11.0. The Morgan fingerprint density at radius 2 is 0.848 bits per heavy atom. The maximum Gasteiger partial charge on any atom is 0.0991 e. The molecule has 0 atom stereocenters. The van der Waals surface area contributed by atoms with Crippen LogP contribution in [0.1, 0.15) is 22.3 Å². The van der Waals surface area contributed by atoms with Crippen LogP contribution in [0.4, 0.5) is 0 Å². The van der Waals surface area contributed by atoms with Crippen LogP contribution < -0.4 is 0 Å². The SMILES string of the molecule is N#Cc1ccc(-c2ccc(Cc3ccc(-c4ccc(C#N)cc4)c(I)c3I)c(I)c2I)cc1. The van der Waals surface area contributed by atoms with Gasteiger partial charge in [0.15, 0.2) is 0 Å². The summed E-state index contributed by atoms with van der Waals surface area (Å²) in [4.78, 5) is 0. The lowest BCUT2D eigenvalue weighted by atomic mass is 9.98. The van der Waals surface area contributed by atoms with Crippen molar-refractivity contribution in [1.29, 1.82) is 10.5 Å². The van der Waals surface area contributed by atoms with Gasteiger partial charge in [-0.15, -0.1) is 0 Å². The van der Waals surface area contributed by atoms with E-state index in [-0.39, 0.29) is 0 Å². The van der Waals surface area contributed by atoms with Gasteiger partial charge in [0.1, 0.15) is 0 Å². The number of halogens is 4.